The molecule has 0 aliphatic carbocycles. The summed E-state index contributed by atoms with van der Waals surface area (Å²) in [7, 11) is 0. The van der Waals surface area contributed by atoms with E-state index in [0.29, 0.717) is 15.1 Å². The smallest absolute Gasteiger partial charge is 0.0487 e. The van der Waals surface area contributed by atoms with E-state index in [9.17, 15) is 0 Å². The van der Waals surface area contributed by atoms with Gasteiger partial charge in [-0.3, -0.25) is 0 Å². The first kappa shape index (κ1) is 14.7. The van der Waals surface area contributed by atoms with Gasteiger partial charge in [-0.1, -0.05) is 53.9 Å². The van der Waals surface area contributed by atoms with Crippen molar-refractivity contribution in [3.05, 3.63) is 57.0 Å². The molecule has 0 radical (unpaired) electrons. The van der Waals surface area contributed by atoms with Gasteiger partial charge in [-0.25, -0.2) is 0 Å². The number of hydrogen-bond acceptors (Lipinski definition) is 1. The molecule has 0 aromatic heterocycles. The van der Waals surface area contributed by atoms with Crippen molar-refractivity contribution in [2.75, 3.05) is 6.54 Å². The van der Waals surface area contributed by atoms with E-state index in [1.54, 1.807) is 6.07 Å². The Morgan fingerprint density at radius 2 is 1.63 bits per heavy atom. The van der Waals surface area contributed by atoms with Gasteiger partial charge in [0.25, 0.3) is 0 Å². The van der Waals surface area contributed by atoms with Crippen molar-refractivity contribution < 1.29 is 0 Å². The molecule has 0 amide bonds. The minimum atomic E-state index is 0.607. The number of rotatable bonds is 4. The van der Waals surface area contributed by atoms with Crippen LogP contribution in [0.5, 0.6) is 0 Å². The molecule has 4 heteroatoms. The number of halogens is 3. The van der Waals surface area contributed by atoms with Crippen molar-refractivity contribution in [1.82, 2.24) is 5.32 Å². The number of hydrogen-bond donors (Lipinski definition) is 1. The SMILES string of the molecule is CCNCc1ccc(-c2cc(Cl)cc(Cl)c2)c(Cl)c1. The minimum Gasteiger partial charge on any atom is -0.313 e. The Morgan fingerprint density at radius 3 is 2.21 bits per heavy atom. The van der Waals surface area contributed by atoms with Crippen LogP contribution in [0.25, 0.3) is 11.1 Å². The van der Waals surface area contributed by atoms with Gasteiger partial charge in [-0.2, -0.15) is 0 Å². The first-order chi connectivity index (χ1) is 9.10. The lowest BCUT2D eigenvalue weighted by Crippen LogP contribution is -2.11. The second-order valence-electron chi connectivity index (χ2n) is 4.25. The predicted molar refractivity (Wildman–Crippen MR) is 84.3 cm³/mol. The number of benzene rings is 2. The zero-order chi connectivity index (χ0) is 13.8. The Kier molecular flexibility index (Phi) is 5.12. The monoisotopic (exact) mass is 313 g/mol. The van der Waals surface area contributed by atoms with E-state index >= 15 is 0 Å². The van der Waals surface area contributed by atoms with Gasteiger partial charge in [-0.15, -0.1) is 0 Å². The van der Waals surface area contributed by atoms with Crippen molar-refractivity contribution in [2.24, 2.45) is 0 Å². The Hall–Kier alpha value is -0.730. The average Bonchev–Trinajstić information content (AvgIpc) is 2.35. The fraction of sp³-hybridized carbons (Fsp3) is 0.200. The second kappa shape index (κ2) is 6.62. The van der Waals surface area contributed by atoms with Crippen LogP contribution in [0.3, 0.4) is 0 Å². The van der Waals surface area contributed by atoms with Gasteiger partial charge in [0, 0.05) is 27.2 Å². The summed E-state index contributed by atoms with van der Waals surface area (Å²) in [4.78, 5) is 0. The highest BCUT2D eigenvalue weighted by Gasteiger charge is 2.06. The highest BCUT2D eigenvalue weighted by Crippen LogP contribution is 2.32. The highest BCUT2D eigenvalue weighted by atomic mass is 35.5. The van der Waals surface area contributed by atoms with Crippen molar-refractivity contribution in [1.29, 1.82) is 0 Å². The first-order valence-corrected chi connectivity index (χ1v) is 7.19. The third-order valence-electron chi connectivity index (χ3n) is 2.79. The molecule has 100 valence electrons. The van der Waals surface area contributed by atoms with Crippen LogP contribution in [0.15, 0.2) is 36.4 Å². The summed E-state index contributed by atoms with van der Waals surface area (Å²) in [5.41, 5.74) is 3.02. The molecule has 2 aromatic rings. The molecule has 0 unspecified atom stereocenters. The van der Waals surface area contributed by atoms with Crippen molar-refractivity contribution >= 4 is 34.8 Å². The largest absolute Gasteiger partial charge is 0.313 e. The molecule has 2 rings (SSSR count). The highest BCUT2D eigenvalue weighted by molar-refractivity contribution is 6.36. The van der Waals surface area contributed by atoms with Crippen molar-refractivity contribution in [3.63, 3.8) is 0 Å². The summed E-state index contributed by atoms with van der Waals surface area (Å²) < 4.78 is 0. The Balaban J connectivity index is 2.34. The summed E-state index contributed by atoms with van der Waals surface area (Å²) >= 11 is 18.4. The van der Waals surface area contributed by atoms with Crippen LogP contribution >= 0.6 is 34.8 Å². The lowest BCUT2D eigenvalue weighted by Gasteiger charge is -2.09. The van der Waals surface area contributed by atoms with Crippen molar-refractivity contribution in [2.45, 2.75) is 13.5 Å². The molecule has 0 aliphatic heterocycles. The molecule has 1 nitrogen and oxygen atoms in total. The van der Waals surface area contributed by atoms with Crippen LogP contribution < -0.4 is 5.32 Å². The summed E-state index contributed by atoms with van der Waals surface area (Å²) in [6, 6.07) is 11.4. The van der Waals surface area contributed by atoms with Gasteiger partial charge < -0.3 is 5.32 Å². The van der Waals surface area contributed by atoms with E-state index in [1.165, 1.54) is 0 Å². The fourth-order valence-electron chi connectivity index (χ4n) is 1.88. The quantitative estimate of drug-likeness (QED) is 0.794. The molecule has 19 heavy (non-hydrogen) atoms. The van der Waals surface area contributed by atoms with Crippen LogP contribution in [0, 0.1) is 0 Å². The van der Waals surface area contributed by atoms with Gasteiger partial charge in [0.2, 0.25) is 0 Å². The van der Waals surface area contributed by atoms with Crippen LogP contribution in [0.1, 0.15) is 12.5 Å². The van der Waals surface area contributed by atoms with Gasteiger partial charge >= 0.3 is 0 Å². The molecule has 0 spiro atoms. The maximum atomic E-state index is 6.33. The predicted octanol–water partition coefficient (Wildman–Crippen LogP) is 5.42. The first-order valence-electron chi connectivity index (χ1n) is 6.05. The Bertz CT molecular complexity index is 561. The summed E-state index contributed by atoms with van der Waals surface area (Å²) in [6.45, 7) is 3.82. The zero-order valence-corrected chi connectivity index (χ0v) is 12.8. The second-order valence-corrected chi connectivity index (χ2v) is 5.53. The summed E-state index contributed by atoms with van der Waals surface area (Å²) in [6.07, 6.45) is 0. The zero-order valence-electron chi connectivity index (χ0n) is 10.5. The molecule has 0 atom stereocenters. The maximum Gasteiger partial charge on any atom is 0.0487 e. The molecule has 0 heterocycles. The maximum absolute atomic E-state index is 6.33. The molecule has 1 N–H and O–H groups in total. The number of nitrogens with one attached hydrogen (secondary N) is 1. The average molecular weight is 315 g/mol. The van der Waals surface area contributed by atoms with Crippen LogP contribution in [-0.4, -0.2) is 6.54 Å². The van der Waals surface area contributed by atoms with Crippen LogP contribution in [-0.2, 0) is 6.54 Å². The minimum absolute atomic E-state index is 0.607. The van der Waals surface area contributed by atoms with Gasteiger partial charge in [-0.05, 0) is 41.9 Å². The molecule has 0 fully saturated rings. The van der Waals surface area contributed by atoms with Gasteiger partial charge in [0.1, 0.15) is 0 Å². The van der Waals surface area contributed by atoms with Crippen LogP contribution in [0.2, 0.25) is 15.1 Å². The van der Waals surface area contributed by atoms with Crippen molar-refractivity contribution in [3.8, 4) is 11.1 Å². The molecular formula is C15H14Cl3N. The van der Waals surface area contributed by atoms with E-state index < -0.39 is 0 Å². The third kappa shape index (κ3) is 3.87. The lowest BCUT2D eigenvalue weighted by atomic mass is 10.0. The van der Waals surface area contributed by atoms with Crippen LogP contribution in [0.4, 0.5) is 0 Å². The van der Waals surface area contributed by atoms with E-state index in [4.69, 9.17) is 34.8 Å². The van der Waals surface area contributed by atoms with E-state index in [2.05, 4.69) is 18.3 Å². The van der Waals surface area contributed by atoms with Gasteiger partial charge in [0.05, 0.1) is 0 Å². The fourth-order valence-corrected chi connectivity index (χ4v) is 2.72. The molecule has 0 bridgehead atoms. The summed E-state index contributed by atoms with van der Waals surface area (Å²) in [5, 5.41) is 5.18. The standard InChI is InChI=1S/C15H14Cl3N/c1-2-19-9-10-3-4-14(15(18)5-10)11-6-12(16)8-13(17)7-11/h3-8,19H,2,9H2,1H3. The molecule has 0 saturated carbocycles. The van der Waals surface area contributed by atoms with E-state index in [-0.39, 0.29) is 0 Å². The topological polar surface area (TPSA) is 12.0 Å². The Labute approximate surface area is 128 Å². The molecule has 0 saturated heterocycles. The van der Waals surface area contributed by atoms with E-state index in [0.717, 1.165) is 29.8 Å². The lowest BCUT2D eigenvalue weighted by molar-refractivity contribution is 0.727. The molecular weight excluding hydrogens is 301 g/mol. The summed E-state index contributed by atoms with van der Waals surface area (Å²) in [5.74, 6) is 0. The van der Waals surface area contributed by atoms with Gasteiger partial charge in [0.15, 0.2) is 0 Å². The Morgan fingerprint density at radius 1 is 0.947 bits per heavy atom. The van der Waals surface area contributed by atoms with E-state index in [1.807, 2.05) is 24.3 Å². The third-order valence-corrected chi connectivity index (χ3v) is 3.54. The normalized spacial score (nSPS) is 10.7. The molecule has 0 aliphatic rings. The molecule has 2 aromatic carbocycles.